The van der Waals surface area contributed by atoms with Crippen LogP contribution in [-0.2, 0) is 4.74 Å². The molecule has 2 aromatic carbocycles. The predicted molar refractivity (Wildman–Crippen MR) is 112 cm³/mol. The van der Waals surface area contributed by atoms with Crippen LogP contribution in [-0.4, -0.2) is 61.6 Å². The molecule has 1 saturated heterocycles. The van der Waals surface area contributed by atoms with E-state index in [9.17, 15) is 20.4 Å². The Hall–Kier alpha value is -2.62. The fraction of sp³-hybridized carbons (Fsp3) is 0.391. The van der Waals surface area contributed by atoms with E-state index in [1.165, 1.54) is 0 Å². The third-order valence-corrected chi connectivity index (χ3v) is 5.51. The minimum absolute atomic E-state index is 0.158. The van der Waals surface area contributed by atoms with Gasteiger partial charge in [-0.05, 0) is 34.9 Å². The first-order valence-corrected chi connectivity index (χ1v) is 10.2. The molecule has 8 nitrogen and oxygen atoms in total. The number of rotatable bonds is 5. The maximum absolute atomic E-state index is 10.4. The molecule has 4 N–H and O–H groups in total. The van der Waals surface area contributed by atoms with Gasteiger partial charge in [0.2, 0.25) is 11.8 Å². The SMILES string of the molecule is CC(C)c1nnc(-c2ccc(-c3cccc([C@H]4O[C@H](CO)[C@@H](O)[C@H](O)[C@@H]4O)c3)cc2)o1. The van der Waals surface area contributed by atoms with Crippen molar-refractivity contribution in [2.75, 3.05) is 6.61 Å². The molecule has 31 heavy (non-hydrogen) atoms. The lowest BCUT2D eigenvalue weighted by Gasteiger charge is -2.40. The minimum Gasteiger partial charge on any atom is -0.420 e. The van der Waals surface area contributed by atoms with Crippen molar-refractivity contribution in [2.24, 2.45) is 0 Å². The van der Waals surface area contributed by atoms with Crippen molar-refractivity contribution in [2.45, 2.75) is 50.3 Å². The molecule has 5 atom stereocenters. The number of aliphatic hydroxyl groups is 4. The van der Waals surface area contributed by atoms with Crippen LogP contribution in [0.3, 0.4) is 0 Å². The average Bonchev–Trinajstić information content (AvgIpc) is 3.29. The second-order valence-corrected chi connectivity index (χ2v) is 8.05. The zero-order chi connectivity index (χ0) is 22.1. The van der Waals surface area contributed by atoms with Gasteiger partial charge in [0.25, 0.3) is 0 Å². The van der Waals surface area contributed by atoms with Crippen LogP contribution in [0.5, 0.6) is 0 Å². The maximum Gasteiger partial charge on any atom is 0.247 e. The normalized spacial score (nSPS) is 26.4. The van der Waals surface area contributed by atoms with Crippen molar-refractivity contribution < 1.29 is 29.6 Å². The molecule has 1 aliphatic rings. The fourth-order valence-corrected chi connectivity index (χ4v) is 3.66. The molecule has 0 aliphatic carbocycles. The molecule has 0 spiro atoms. The van der Waals surface area contributed by atoms with E-state index in [2.05, 4.69) is 10.2 Å². The van der Waals surface area contributed by atoms with Crippen LogP contribution >= 0.6 is 0 Å². The molecule has 0 bridgehead atoms. The molecule has 4 rings (SSSR count). The van der Waals surface area contributed by atoms with Gasteiger partial charge in [-0.25, -0.2) is 0 Å². The van der Waals surface area contributed by atoms with Crippen molar-refractivity contribution >= 4 is 0 Å². The van der Waals surface area contributed by atoms with E-state index in [1.54, 1.807) is 6.07 Å². The topological polar surface area (TPSA) is 129 Å². The summed E-state index contributed by atoms with van der Waals surface area (Å²) >= 11 is 0. The molecule has 0 radical (unpaired) electrons. The summed E-state index contributed by atoms with van der Waals surface area (Å²) in [6.07, 6.45) is -5.93. The summed E-state index contributed by atoms with van der Waals surface area (Å²) in [5, 5.41) is 48.0. The molecule has 0 unspecified atom stereocenters. The quantitative estimate of drug-likeness (QED) is 0.488. The van der Waals surface area contributed by atoms with Crippen LogP contribution in [0.2, 0.25) is 0 Å². The second-order valence-electron chi connectivity index (χ2n) is 8.05. The number of aromatic nitrogens is 2. The third kappa shape index (κ3) is 4.26. The molecule has 0 amide bonds. The second kappa shape index (κ2) is 8.86. The van der Waals surface area contributed by atoms with Crippen LogP contribution in [0.4, 0.5) is 0 Å². The number of ether oxygens (including phenoxy) is 1. The van der Waals surface area contributed by atoms with E-state index >= 15 is 0 Å². The van der Waals surface area contributed by atoms with Gasteiger partial charge in [0.05, 0.1) is 6.61 Å². The number of aliphatic hydroxyl groups excluding tert-OH is 4. The van der Waals surface area contributed by atoms with Crippen molar-refractivity contribution in [3.8, 4) is 22.6 Å². The fourth-order valence-electron chi connectivity index (χ4n) is 3.66. The maximum atomic E-state index is 10.4. The highest BCUT2D eigenvalue weighted by molar-refractivity contribution is 5.68. The molecular formula is C23H26N2O6. The molecule has 0 saturated carbocycles. The standard InChI is InChI=1S/C23H26N2O6/c1-12(2)22-24-25-23(31-22)14-8-6-13(7-9-14)15-4-3-5-16(10-15)21-20(29)19(28)18(27)17(11-26)30-21/h3-10,12,17-21,26-29H,11H2,1-2H3/t17-,18-,19+,20+,21-/m1/s1. The number of hydrogen-bond acceptors (Lipinski definition) is 8. The summed E-state index contributed by atoms with van der Waals surface area (Å²) in [4.78, 5) is 0. The first kappa shape index (κ1) is 21.6. The van der Waals surface area contributed by atoms with Crippen LogP contribution in [0, 0.1) is 0 Å². The largest absolute Gasteiger partial charge is 0.420 e. The Morgan fingerprint density at radius 1 is 0.871 bits per heavy atom. The first-order valence-electron chi connectivity index (χ1n) is 10.2. The van der Waals surface area contributed by atoms with Crippen LogP contribution in [0.15, 0.2) is 52.9 Å². The lowest BCUT2D eigenvalue weighted by atomic mass is 9.90. The zero-order valence-electron chi connectivity index (χ0n) is 17.3. The van der Waals surface area contributed by atoms with Gasteiger partial charge in [-0.3, -0.25) is 0 Å². The lowest BCUT2D eigenvalue weighted by molar-refractivity contribution is -0.231. The molecule has 1 aromatic heterocycles. The monoisotopic (exact) mass is 426 g/mol. The number of hydrogen-bond donors (Lipinski definition) is 4. The van der Waals surface area contributed by atoms with Gasteiger partial charge in [-0.2, -0.15) is 0 Å². The summed E-state index contributed by atoms with van der Waals surface area (Å²) in [7, 11) is 0. The summed E-state index contributed by atoms with van der Waals surface area (Å²) in [5.41, 5.74) is 3.26. The Morgan fingerprint density at radius 3 is 2.23 bits per heavy atom. The highest BCUT2D eigenvalue weighted by Gasteiger charge is 2.43. The minimum atomic E-state index is -1.41. The summed E-state index contributed by atoms with van der Waals surface area (Å²) in [5.74, 6) is 1.21. The van der Waals surface area contributed by atoms with Gasteiger partial charge in [0.1, 0.15) is 30.5 Å². The Morgan fingerprint density at radius 2 is 1.58 bits per heavy atom. The summed E-state index contributed by atoms with van der Waals surface area (Å²) in [6, 6.07) is 15.0. The van der Waals surface area contributed by atoms with Gasteiger partial charge in [-0.1, -0.05) is 44.2 Å². The zero-order valence-corrected chi connectivity index (χ0v) is 17.3. The van der Waals surface area contributed by atoms with E-state index < -0.39 is 37.1 Å². The lowest BCUT2D eigenvalue weighted by Crippen LogP contribution is -2.55. The summed E-state index contributed by atoms with van der Waals surface area (Å²) in [6.45, 7) is 3.52. The van der Waals surface area contributed by atoms with E-state index in [0.29, 0.717) is 17.3 Å². The predicted octanol–water partition coefficient (Wildman–Crippen LogP) is 2.04. The smallest absolute Gasteiger partial charge is 0.247 e. The number of benzene rings is 2. The molecule has 1 aliphatic heterocycles. The molecule has 8 heteroatoms. The average molecular weight is 426 g/mol. The van der Waals surface area contributed by atoms with Gasteiger partial charge < -0.3 is 29.6 Å². The van der Waals surface area contributed by atoms with Crippen LogP contribution in [0.1, 0.15) is 37.3 Å². The molecular weight excluding hydrogens is 400 g/mol. The van der Waals surface area contributed by atoms with Gasteiger partial charge >= 0.3 is 0 Å². The van der Waals surface area contributed by atoms with Crippen molar-refractivity contribution in [3.05, 3.63) is 60.0 Å². The van der Waals surface area contributed by atoms with E-state index in [1.807, 2.05) is 56.3 Å². The highest BCUT2D eigenvalue weighted by Crippen LogP contribution is 2.34. The van der Waals surface area contributed by atoms with Crippen LogP contribution in [0.25, 0.3) is 22.6 Å². The molecule has 2 heterocycles. The highest BCUT2D eigenvalue weighted by atomic mass is 16.5. The van der Waals surface area contributed by atoms with Gasteiger partial charge in [-0.15, -0.1) is 10.2 Å². The molecule has 164 valence electrons. The number of nitrogens with zero attached hydrogens (tertiary/aromatic N) is 2. The van der Waals surface area contributed by atoms with E-state index in [4.69, 9.17) is 9.15 Å². The third-order valence-electron chi connectivity index (χ3n) is 5.51. The van der Waals surface area contributed by atoms with Crippen LogP contribution < -0.4 is 0 Å². The van der Waals surface area contributed by atoms with Crippen molar-refractivity contribution in [1.82, 2.24) is 10.2 Å². The summed E-state index contributed by atoms with van der Waals surface area (Å²) < 4.78 is 11.4. The first-order chi connectivity index (χ1) is 14.9. The van der Waals surface area contributed by atoms with E-state index in [0.717, 1.165) is 16.7 Å². The van der Waals surface area contributed by atoms with Crippen molar-refractivity contribution in [3.63, 3.8) is 0 Å². The Kier molecular flexibility index (Phi) is 6.17. The van der Waals surface area contributed by atoms with E-state index in [-0.39, 0.29) is 5.92 Å². The molecule has 1 fully saturated rings. The van der Waals surface area contributed by atoms with Crippen molar-refractivity contribution in [1.29, 1.82) is 0 Å². The van der Waals surface area contributed by atoms with Gasteiger partial charge in [0.15, 0.2) is 0 Å². The Balaban J connectivity index is 1.58. The van der Waals surface area contributed by atoms with Gasteiger partial charge in [0, 0.05) is 11.5 Å². The Bertz CT molecular complexity index is 1020. The molecule has 3 aromatic rings. The Labute approximate surface area is 179 Å².